The minimum atomic E-state index is 0. The van der Waals surface area contributed by atoms with Crippen molar-refractivity contribution in [3.05, 3.63) is 29.8 Å². The number of guanidine groups is 1. The SMILES string of the molecule is CCCC(=O)Nc1ccc(CN=C(N)NCCCOCC)cc1.I. The Labute approximate surface area is 161 Å². The summed E-state index contributed by atoms with van der Waals surface area (Å²) in [5.74, 6) is 0.473. The van der Waals surface area contributed by atoms with E-state index in [2.05, 4.69) is 15.6 Å². The molecule has 1 aromatic rings. The minimum absolute atomic E-state index is 0. The average Bonchev–Trinajstić information content (AvgIpc) is 2.54. The van der Waals surface area contributed by atoms with Gasteiger partial charge in [-0.25, -0.2) is 4.99 Å². The number of ether oxygens (including phenoxy) is 1. The number of anilines is 1. The third-order valence-corrected chi connectivity index (χ3v) is 3.12. The summed E-state index contributed by atoms with van der Waals surface area (Å²) in [5, 5.41) is 5.91. The fraction of sp³-hybridized carbons (Fsp3) is 0.529. The Morgan fingerprint density at radius 2 is 1.96 bits per heavy atom. The number of carbonyl (C=O) groups is 1. The number of hydrogen-bond donors (Lipinski definition) is 3. The molecule has 0 spiro atoms. The van der Waals surface area contributed by atoms with Crippen molar-refractivity contribution in [1.82, 2.24) is 5.32 Å². The Hall–Kier alpha value is -1.35. The van der Waals surface area contributed by atoms with Crippen LogP contribution < -0.4 is 16.4 Å². The molecule has 0 aromatic heterocycles. The molecule has 0 bridgehead atoms. The van der Waals surface area contributed by atoms with Crippen molar-refractivity contribution in [3.8, 4) is 0 Å². The second kappa shape index (κ2) is 14.0. The Balaban J connectivity index is 0.00000529. The van der Waals surface area contributed by atoms with Crippen molar-refractivity contribution in [1.29, 1.82) is 0 Å². The fourth-order valence-electron chi connectivity index (χ4n) is 1.91. The third-order valence-electron chi connectivity index (χ3n) is 3.12. The molecule has 1 amide bonds. The summed E-state index contributed by atoms with van der Waals surface area (Å²) in [4.78, 5) is 15.8. The van der Waals surface area contributed by atoms with Crippen molar-refractivity contribution in [2.75, 3.05) is 25.1 Å². The second-order valence-electron chi connectivity index (χ2n) is 5.17. The zero-order chi connectivity index (χ0) is 16.9. The Morgan fingerprint density at radius 3 is 2.58 bits per heavy atom. The monoisotopic (exact) mass is 448 g/mol. The first-order valence-corrected chi connectivity index (χ1v) is 8.16. The lowest BCUT2D eigenvalue weighted by molar-refractivity contribution is -0.116. The van der Waals surface area contributed by atoms with E-state index in [4.69, 9.17) is 10.5 Å². The van der Waals surface area contributed by atoms with Crippen LogP contribution in [0.15, 0.2) is 29.3 Å². The highest BCUT2D eigenvalue weighted by molar-refractivity contribution is 14.0. The van der Waals surface area contributed by atoms with Crippen LogP contribution in [0.4, 0.5) is 5.69 Å². The van der Waals surface area contributed by atoms with Crippen LogP contribution in [-0.2, 0) is 16.1 Å². The van der Waals surface area contributed by atoms with Crippen LogP contribution in [0.25, 0.3) is 0 Å². The molecule has 24 heavy (non-hydrogen) atoms. The molecule has 4 N–H and O–H groups in total. The molecule has 0 aliphatic rings. The summed E-state index contributed by atoms with van der Waals surface area (Å²) in [6, 6.07) is 7.63. The molecule has 1 aromatic carbocycles. The predicted molar refractivity (Wildman–Crippen MR) is 110 cm³/mol. The van der Waals surface area contributed by atoms with Crippen molar-refractivity contribution in [2.45, 2.75) is 39.7 Å². The lowest BCUT2D eigenvalue weighted by atomic mass is 10.2. The van der Waals surface area contributed by atoms with Gasteiger partial charge < -0.3 is 21.1 Å². The quantitative estimate of drug-likeness (QED) is 0.222. The molecule has 6 nitrogen and oxygen atoms in total. The van der Waals surface area contributed by atoms with E-state index in [0.29, 0.717) is 18.9 Å². The van der Waals surface area contributed by atoms with E-state index in [1.165, 1.54) is 0 Å². The number of hydrogen-bond acceptors (Lipinski definition) is 3. The van der Waals surface area contributed by atoms with E-state index in [1.54, 1.807) is 0 Å². The lowest BCUT2D eigenvalue weighted by Gasteiger charge is -2.07. The van der Waals surface area contributed by atoms with Gasteiger partial charge in [0.15, 0.2) is 5.96 Å². The van der Waals surface area contributed by atoms with Crippen LogP contribution >= 0.6 is 24.0 Å². The molecule has 0 saturated carbocycles. The summed E-state index contributed by atoms with van der Waals surface area (Å²) < 4.78 is 5.25. The summed E-state index contributed by atoms with van der Waals surface area (Å²) in [7, 11) is 0. The molecule has 0 aliphatic carbocycles. The predicted octanol–water partition coefficient (Wildman–Crippen LogP) is 2.87. The van der Waals surface area contributed by atoms with Gasteiger partial charge in [0, 0.05) is 31.9 Å². The van der Waals surface area contributed by atoms with Crippen molar-refractivity contribution < 1.29 is 9.53 Å². The topological polar surface area (TPSA) is 88.7 Å². The summed E-state index contributed by atoms with van der Waals surface area (Å²) >= 11 is 0. The number of nitrogens with zero attached hydrogens (tertiary/aromatic N) is 1. The van der Waals surface area contributed by atoms with E-state index in [9.17, 15) is 4.79 Å². The standard InChI is InChI=1S/C17H28N4O2.HI/c1-3-6-16(22)21-15-9-7-14(8-10-15)13-20-17(18)19-11-5-12-23-4-2;/h7-10H,3-6,11-13H2,1-2H3,(H,21,22)(H3,18,19,20);1H. The molecular formula is C17H29IN4O2. The molecule has 0 fully saturated rings. The second-order valence-corrected chi connectivity index (χ2v) is 5.17. The largest absolute Gasteiger partial charge is 0.382 e. The Morgan fingerprint density at radius 1 is 1.25 bits per heavy atom. The van der Waals surface area contributed by atoms with E-state index >= 15 is 0 Å². The summed E-state index contributed by atoms with van der Waals surface area (Å²) in [6.45, 7) is 6.67. The van der Waals surface area contributed by atoms with Crippen LogP contribution in [0.2, 0.25) is 0 Å². The van der Waals surface area contributed by atoms with Crippen molar-refractivity contribution >= 4 is 41.5 Å². The molecule has 0 unspecified atom stereocenters. The van der Waals surface area contributed by atoms with Crippen LogP contribution in [0.1, 0.15) is 38.7 Å². The molecule has 0 saturated heterocycles. The first kappa shape index (κ1) is 22.6. The summed E-state index contributed by atoms with van der Waals surface area (Å²) in [6.07, 6.45) is 2.28. The maximum Gasteiger partial charge on any atom is 0.224 e. The maximum absolute atomic E-state index is 11.5. The highest BCUT2D eigenvalue weighted by Gasteiger charge is 2.00. The van der Waals surface area contributed by atoms with Crippen LogP contribution in [0, 0.1) is 0 Å². The molecule has 0 aliphatic heterocycles. The van der Waals surface area contributed by atoms with Crippen LogP contribution in [-0.4, -0.2) is 31.6 Å². The van der Waals surface area contributed by atoms with Crippen LogP contribution in [0.3, 0.4) is 0 Å². The molecular weight excluding hydrogens is 419 g/mol. The van der Waals surface area contributed by atoms with Crippen molar-refractivity contribution in [2.24, 2.45) is 10.7 Å². The third kappa shape index (κ3) is 10.4. The molecule has 136 valence electrons. The molecule has 0 radical (unpaired) electrons. The van der Waals surface area contributed by atoms with Gasteiger partial charge in [0.2, 0.25) is 5.91 Å². The number of aliphatic imine (C=N–C) groups is 1. The maximum atomic E-state index is 11.5. The number of nitrogens with two attached hydrogens (primary N) is 1. The van der Waals surface area contributed by atoms with Gasteiger partial charge >= 0.3 is 0 Å². The van der Waals surface area contributed by atoms with Gasteiger partial charge in [-0.3, -0.25) is 4.79 Å². The molecule has 0 atom stereocenters. The zero-order valence-electron chi connectivity index (χ0n) is 14.5. The van der Waals surface area contributed by atoms with Gasteiger partial charge in [-0.1, -0.05) is 19.1 Å². The highest BCUT2D eigenvalue weighted by Crippen LogP contribution is 2.11. The smallest absolute Gasteiger partial charge is 0.224 e. The minimum Gasteiger partial charge on any atom is -0.382 e. The van der Waals surface area contributed by atoms with Gasteiger partial charge in [0.05, 0.1) is 6.54 Å². The first-order valence-electron chi connectivity index (χ1n) is 8.16. The lowest BCUT2D eigenvalue weighted by Crippen LogP contribution is -2.32. The van der Waals surface area contributed by atoms with E-state index in [1.807, 2.05) is 38.1 Å². The highest BCUT2D eigenvalue weighted by atomic mass is 127. The summed E-state index contributed by atoms with van der Waals surface area (Å²) in [5.41, 5.74) is 7.65. The number of nitrogens with one attached hydrogen (secondary N) is 2. The van der Waals surface area contributed by atoms with Gasteiger partial charge in [0.25, 0.3) is 0 Å². The van der Waals surface area contributed by atoms with Crippen molar-refractivity contribution in [3.63, 3.8) is 0 Å². The van der Waals surface area contributed by atoms with E-state index in [0.717, 1.165) is 43.9 Å². The Kier molecular flexibility index (Phi) is 13.2. The first-order chi connectivity index (χ1) is 11.2. The molecule has 0 heterocycles. The van der Waals surface area contributed by atoms with Crippen LogP contribution in [0.5, 0.6) is 0 Å². The van der Waals surface area contributed by atoms with E-state index < -0.39 is 0 Å². The normalized spacial score (nSPS) is 10.8. The number of rotatable bonds is 10. The van der Waals surface area contributed by atoms with E-state index in [-0.39, 0.29) is 29.9 Å². The number of carbonyl (C=O) groups excluding carboxylic acids is 1. The number of amides is 1. The zero-order valence-corrected chi connectivity index (χ0v) is 16.8. The van der Waals surface area contributed by atoms with Gasteiger partial charge in [0.1, 0.15) is 0 Å². The van der Waals surface area contributed by atoms with Gasteiger partial charge in [-0.05, 0) is 37.5 Å². The average molecular weight is 448 g/mol. The fourth-order valence-corrected chi connectivity index (χ4v) is 1.91. The Bertz CT molecular complexity index is 492. The molecule has 1 rings (SSSR count). The number of halogens is 1. The van der Waals surface area contributed by atoms with Gasteiger partial charge in [-0.2, -0.15) is 0 Å². The van der Waals surface area contributed by atoms with Gasteiger partial charge in [-0.15, -0.1) is 24.0 Å². The number of benzene rings is 1. The molecule has 7 heteroatoms.